The smallest absolute Gasteiger partial charge is 0.245 e. The quantitative estimate of drug-likeness (QED) is 0.271. The maximum Gasteiger partial charge on any atom is 0.245 e. The van der Waals surface area contributed by atoms with E-state index >= 15 is 0 Å². The zero-order valence-electron chi connectivity index (χ0n) is 21.6. The molecule has 0 amide bonds. The number of benzene rings is 2. The number of hydrogen-bond acceptors (Lipinski definition) is 7. The van der Waals surface area contributed by atoms with Crippen molar-refractivity contribution in [3.63, 3.8) is 0 Å². The second-order valence-corrected chi connectivity index (χ2v) is 10.6. The highest BCUT2D eigenvalue weighted by molar-refractivity contribution is 7.76. The zero-order chi connectivity index (χ0) is 26.8. The van der Waals surface area contributed by atoms with Crippen LogP contribution in [-0.2, 0) is 29.1 Å². The maximum absolute atomic E-state index is 11.5. The number of nitrogens with zero attached hydrogens (tertiary/aromatic N) is 7. The van der Waals surface area contributed by atoms with Gasteiger partial charge in [0.1, 0.15) is 0 Å². The Bertz CT molecular complexity index is 1630. The highest BCUT2D eigenvalue weighted by Crippen LogP contribution is 2.27. The molecule has 11 nitrogen and oxygen atoms in total. The molecule has 0 spiro atoms. The molecule has 0 radical (unpaired) electrons. The Labute approximate surface area is 228 Å². The second kappa shape index (κ2) is 11.2. The highest BCUT2D eigenvalue weighted by Gasteiger charge is 2.15. The van der Waals surface area contributed by atoms with Crippen molar-refractivity contribution in [2.75, 3.05) is 45.2 Å². The van der Waals surface area contributed by atoms with Crippen molar-refractivity contribution in [2.45, 2.75) is 13.1 Å². The molecule has 0 saturated carbocycles. The lowest BCUT2D eigenvalue weighted by atomic mass is 10.0. The third-order valence-electron chi connectivity index (χ3n) is 6.99. The topological polar surface area (TPSA) is 113 Å². The molecule has 1 unspecified atom stereocenters. The number of fused-ring (bicyclic) bond motifs is 2. The van der Waals surface area contributed by atoms with Crippen molar-refractivity contribution < 1.29 is 13.5 Å². The van der Waals surface area contributed by atoms with Gasteiger partial charge in [0.15, 0.2) is 0 Å². The average Bonchev–Trinajstić information content (AvgIpc) is 3.56. The summed E-state index contributed by atoms with van der Waals surface area (Å²) in [5.41, 5.74) is 6.45. The second-order valence-electron chi connectivity index (χ2n) is 9.53. The number of anilines is 2. The summed E-state index contributed by atoms with van der Waals surface area (Å²) in [6.07, 6.45) is 3.67. The van der Waals surface area contributed by atoms with E-state index in [-0.39, 0.29) is 0 Å². The monoisotopic (exact) mass is 546 g/mol. The van der Waals surface area contributed by atoms with Crippen LogP contribution in [0.25, 0.3) is 27.8 Å². The lowest BCUT2D eigenvalue weighted by Crippen LogP contribution is -2.38. The van der Waals surface area contributed by atoms with Gasteiger partial charge < -0.3 is 14.6 Å². The molecule has 1 saturated heterocycles. The Morgan fingerprint density at radius 3 is 2.77 bits per heavy atom. The number of aromatic nitrogens is 5. The van der Waals surface area contributed by atoms with Crippen LogP contribution in [-0.4, -0.2) is 82.0 Å². The Morgan fingerprint density at radius 1 is 1.08 bits per heavy atom. The van der Waals surface area contributed by atoms with E-state index in [9.17, 15) is 8.76 Å². The summed E-state index contributed by atoms with van der Waals surface area (Å²) in [6, 6.07) is 17.8. The first kappa shape index (κ1) is 25.6. The van der Waals surface area contributed by atoms with E-state index in [4.69, 9.17) is 9.84 Å². The van der Waals surface area contributed by atoms with Gasteiger partial charge >= 0.3 is 0 Å². The van der Waals surface area contributed by atoms with Gasteiger partial charge in [0.05, 0.1) is 48.0 Å². The summed E-state index contributed by atoms with van der Waals surface area (Å²) < 4.78 is 31.8. The molecular formula is C27H30N8O3S. The van der Waals surface area contributed by atoms with Gasteiger partial charge in [-0.25, -0.2) is 18.7 Å². The third kappa shape index (κ3) is 5.56. The Morgan fingerprint density at radius 2 is 1.92 bits per heavy atom. The van der Waals surface area contributed by atoms with Gasteiger partial charge in [-0.15, -0.1) is 5.10 Å². The molecule has 0 bridgehead atoms. The fourth-order valence-corrected chi connectivity index (χ4v) is 5.13. The Hall–Kier alpha value is -3.68. The van der Waals surface area contributed by atoms with E-state index in [1.807, 2.05) is 59.4 Å². The number of hydrogen-bond donors (Lipinski definition) is 2. The van der Waals surface area contributed by atoms with E-state index in [0.29, 0.717) is 12.5 Å². The first-order valence-corrected chi connectivity index (χ1v) is 13.9. The van der Waals surface area contributed by atoms with Crippen molar-refractivity contribution in [2.24, 2.45) is 0 Å². The molecule has 202 valence electrons. The fraction of sp³-hybridized carbons (Fsp3) is 0.296. The van der Waals surface area contributed by atoms with E-state index in [0.717, 1.165) is 78.5 Å². The molecule has 6 rings (SSSR count). The Kier molecular flexibility index (Phi) is 7.35. The SMILES string of the molecule is CN(Cc1ccccc1-c1ccc2cnc(Nc3ccc4ncn(CCN5CCOCC5)c4c3)nn12)S(=O)O. The molecule has 1 atom stereocenters. The number of rotatable bonds is 9. The molecule has 5 aromatic rings. The van der Waals surface area contributed by atoms with Gasteiger partial charge in [0.25, 0.3) is 0 Å². The van der Waals surface area contributed by atoms with Crippen LogP contribution >= 0.6 is 0 Å². The molecular weight excluding hydrogens is 516 g/mol. The molecule has 39 heavy (non-hydrogen) atoms. The predicted molar refractivity (Wildman–Crippen MR) is 151 cm³/mol. The van der Waals surface area contributed by atoms with Gasteiger partial charge in [0, 0.05) is 51.0 Å². The summed E-state index contributed by atoms with van der Waals surface area (Å²) in [5.74, 6) is 0.463. The van der Waals surface area contributed by atoms with Crippen molar-refractivity contribution >= 4 is 39.5 Å². The van der Waals surface area contributed by atoms with E-state index in [2.05, 4.69) is 30.8 Å². The van der Waals surface area contributed by atoms with Gasteiger partial charge in [-0.3, -0.25) is 9.45 Å². The van der Waals surface area contributed by atoms with E-state index in [1.165, 1.54) is 4.31 Å². The first-order chi connectivity index (χ1) is 19.0. The predicted octanol–water partition coefficient (Wildman–Crippen LogP) is 3.39. The highest BCUT2D eigenvalue weighted by atomic mass is 32.2. The van der Waals surface area contributed by atoms with Crippen LogP contribution in [0.3, 0.4) is 0 Å². The van der Waals surface area contributed by atoms with Crippen molar-refractivity contribution in [3.8, 4) is 11.3 Å². The van der Waals surface area contributed by atoms with Crippen molar-refractivity contribution in [1.29, 1.82) is 0 Å². The van der Waals surface area contributed by atoms with Crippen LogP contribution in [0, 0.1) is 0 Å². The number of morpholine rings is 1. The number of imidazole rings is 1. The van der Waals surface area contributed by atoms with Crippen LogP contribution in [0.15, 0.2) is 67.1 Å². The summed E-state index contributed by atoms with van der Waals surface area (Å²) in [5, 5.41) is 8.13. The van der Waals surface area contributed by atoms with Crippen LogP contribution < -0.4 is 5.32 Å². The molecule has 1 fully saturated rings. The largest absolute Gasteiger partial charge is 0.379 e. The maximum atomic E-state index is 11.5. The molecule has 0 aliphatic carbocycles. The molecule has 2 N–H and O–H groups in total. The minimum Gasteiger partial charge on any atom is -0.379 e. The summed E-state index contributed by atoms with van der Waals surface area (Å²) >= 11 is -2.05. The van der Waals surface area contributed by atoms with Crippen molar-refractivity contribution in [1.82, 2.24) is 33.4 Å². The standard InChI is InChI=1S/C27H30N8O3S/c1-32(39(36)37)18-20-4-2-3-5-23(20)25-9-7-22-17-28-27(31-35(22)25)30-21-6-8-24-26(16-21)34(19-29-24)11-10-33-12-14-38-15-13-33/h2-9,16-17,19H,10-15,18H2,1H3,(H,30,31)(H,36,37). The minimum absolute atomic E-state index is 0.321. The van der Waals surface area contributed by atoms with Gasteiger partial charge in [-0.1, -0.05) is 24.3 Å². The first-order valence-electron chi connectivity index (χ1n) is 12.8. The fourth-order valence-electron chi connectivity index (χ4n) is 4.88. The summed E-state index contributed by atoms with van der Waals surface area (Å²) in [6.45, 7) is 5.63. The lowest BCUT2D eigenvalue weighted by molar-refractivity contribution is 0.0365. The summed E-state index contributed by atoms with van der Waals surface area (Å²) in [7, 11) is 1.61. The molecule has 1 aliphatic heterocycles. The van der Waals surface area contributed by atoms with Crippen LogP contribution in [0.4, 0.5) is 11.6 Å². The van der Waals surface area contributed by atoms with Crippen LogP contribution in [0.2, 0.25) is 0 Å². The van der Waals surface area contributed by atoms with E-state index < -0.39 is 11.3 Å². The molecule has 1 aliphatic rings. The minimum atomic E-state index is -2.05. The van der Waals surface area contributed by atoms with Gasteiger partial charge in [0.2, 0.25) is 17.2 Å². The third-order valence-corrected chi connectivity index (χ3v) is 7.65. The molecule has 12 heteroatoms. The average molecular weight is 547 g/mol. The zero-order valence-corrected chi connectivity index (χ0v) is 22.4. The molecule has 3 aromatic heterocycles. The van der Waals surface area contributed by atoms with Crippen LogP contribution in [0.1, 0.15) is 5.56 Å². The number of ether oxygens (including phenoxy) is 1. The summed E-state index contributed by atoms with van der Waals surface area (Å²) in [4.78, 5) is 11.5. The van der Waals surface area contributed by atoms with Crippen molar-refractivity contribution in [3.05, 3.63) is 72.7 Å². The lowest BCUT2D eigenvalue weighted by Gasteiger charge is -2.26. The van der Waals surface area contributed by atoms with Gasteiger partial charge in [-0.05, 0) is 35.9 Å². The van der Waals surface area contributed by atoms with Gasteiger partial charge in [-0.2, -0.15) is 4.31 Å². The normalized spacial score (nSPS) is 15.4. The Balaban J connectivity index is 1.25. The van der Waals surface area contributed by atoms with E-state index in [1.54, 1.807) is 13.2 Å². The van der Waals surface area contributed by atoms with Crippen LogP contribution in [0.5, 0.6) is 0 Å². The molecule has 2 aromatic carbocycles. The molecule has 4 heterocycles. The number of nitrogens with one attached hydrogen (secondary N) is 1.